The van der Waals surface area contributed by atoms with Crippen LogP contribution in [0, 0.1) is 5.82 Å². The number of nitrogens with zero attached hydrogens (tertiary/aromatic N) is 3. The number of hydrogen-bond acceptors (Lipinski definition) is 4. The van der Waals surface area contributed by atoms with Crippen molar-refractivity contribution in [2.45, 2.75) is 25.8 Å². The number of rotatable bonds is 6. The lowest BCUT2D eigenvalue weighted by atomic mass is 9.90. The van der Waals surface area contributed by atoms with Gasteiger partial charge < -0.3 is 15.1 Å². The Kier molecular flexibility index (Phi) is 7.05. The van der Waals surface area contributed by atoms with E-state index in [9.17, 15) is 14.0 Å². The molecule has 32 heavy (non-hydrogen) atoms. The van der Waals surface area contributed by atoms with Crippen LogP contribution in [0.25, 0.3) is 0 Å². The first-order chi connectivity index (χ1) is 15.5. The summed E-state index contributed by atoms with van der Waals surface area (Å²) in [5.41, 5.74) is 3.35. The SMILES string of the molecule is CC(=O)N1CCc2ccccc2C1CC(=O)NCCN1CCN(c2ccc(F)cc2)CC1. The zero-order valence-electron chi connectivity index (χ0n) is 18.6. The highest BCUT2D eigenvalue weighted by molar-refractivity contribution is 5.79. The molecule has 1 saturated heterocycles. The third-order valence-electron chi connectivity index (χ3n) is 6.51. The molecule has 170 valence electrons. The van der Waals surface area contributed by atoms with Crippen molar-refractivity contribution in [1.29, 1.82) is 0 Å². The second kappa shape index (κ2) is 10.1. The van der Waals surface area contributed by atoms with Crippen molar-refractivity contribution in [2.24, 2.45) is 0 Å². The quantitative estimate of drug-likeness (QED) is 0.753. The number of hydrogen-bond donors (Lipinski definition) is 1. The molecule has 7 heteroatoms. The molecule has 0 spiro atoms. The van der Waals surface area contributed by atoms with Gasteiger partial charge in [0, 0.05) is 58.4 Å². The summed E-state index contributed by atoms with van der Waals surface area (Å²) in [6, 6.07) is 14.5. The maximum absolute atomic E-state index is 13.1. The van der Waals surface area contributed by atoms with Gasteiger partial charge in [0.05, 0.1) is 12.5 Å². The van der Waals surface area contributed by atoms with Crippen molar-refractivity contribution in [3.8, 4) is 0 Å². The number of carbonyl (C=O) groups is 2. The van der Waals surface area contributed by atoms with Crippen LogP contribution < -0.4 is 10.2 Å². The molecule has 0 bridgehead atoms. The van der Waals surface area contributed by atoms with Gasteiger partial charge >= 0.3 is 0 Å². The number of carbonyl (C=O) groups excluding carboxylic acids is 2. The van der Waals surface area contributed by atoms with Crippen LogP contribution in [0.4, 0.5) is 10.1 Å². The predicted octanol–water partition coefficient (Wildman–Crippen LogP) is 2.60. The van der Waals surface area contributed by atoms with E-state index in [4.69, 9.17) is 0 Å². The zero-order chi connectivity index (χ0) is 22.5. The standard InChI is InChI=1S/C25H31FN4O2/c1-19(31)30-12-10-20-4-2-3-5-23(20)24(30)18-25(32)27-11-13-28-14-16-29(17-15-28)22-8-6-21(26)7-9-22/h2-9,24H,10-18H2,1H3,(H,27,32). The first-order valence-electron chi connectivity index (χ1n) is 11.4. The van der Waals surface area contributed by atoms with Gasteiger partial charge in [0.2, 0.25) is 11.8 Å². The molecule has 1 fully saturated rings. The monoisotopic (exact) mass is 438 g/mol. The molecule has 2 amide bonds. The maximum Gasteiger partial charge on any atom is 0.222 e. The summed E-state index contributed by atoms with van der Waals surface area (Å²) in [4.78, 5) is 31.2. The number of benzene rings is 2. The summed E-state index contributed by atoms with van der Waals surface area (Å²) in [6.45, 7) is 7.18. The van der Waals surface area contributed by atoms with Crippen molar-refractivity contribution in [3.63, 3.8) is 0 Å². The number of amides is 2. The van der Waals surface area contributed by atoms with Gasteiger partial charge in [-0.05, 0) is 41.8 Å². The van der Waals surface area contributed by atoms with Crippen molar-refractivity contribution >= 4 is 17.5 Å². The van der Waals surface area contributed by atoms with Gasteiger partial charge in [0.25, 0.3) is 0 Å². The number of nitrogens with one attached hydrogen (secondary N) is 1. The number of anilines is 1. The van der Waals surface area contributed by atoms with Gasteiger partial charge in [0.1, 0.15) is 5.82 Å². The fraction of sp³-hybridized carbons (Fsp3) is 0.440. The lowest BCUT2D eigenvalue weighted by molar-refractivity contribution is -0.133. The molecular formula is C25H31FN4O2. The molecule has 4 rings (SSSR count). The van der Waals surface area contributed by atoms with Crippen molar-refractivity contribution in [2.75, 3.05) is 50.7 Å². The van der Waals surface area contributed by atoms with Crippen LogP contribution >= 0.6 is 0 Å². The van der Waals surface area contributed by atoms with E-state index >= 15 is 0 Å². The summed E-state index contributed by atoms with van der Waals surface area (Å²) in [5.74, 6) is -0.231. The lowest BCUT2D eigenvalue weighted by Gasteiger charge is -2.37. The largest absolute Gasteiger partial charge is 0.369 e. The molecule has 1 unspecified atom stereocenters. The molecular weight excluding hydrogens is 407 g/mol. The minimum absolute atomic E-state index is 0.0105. The Morgan fingerprint density at radius 2 is 1.72 bits per heavy atom. The topological polar surface area (TPSA) is 55.9 Å². The maximum atomic E-state index is 13.1. The molecule has 0 radical (unpaired) electrons. The Hall–Kier alpha value is -2.93. The Morgan fingerprint density at radius 1 is 1.00 bits per heavy atom. The van der Waals surface area contributed by atoms with Gasteiger partial charge in [-0.1, -0.05) is 24.3 Å². The van der Waals surface area contributed by atoms with E-state index in [-0.39, 0.29) is 30.1 Å². The highest BCUT2D eigenvalue weighted by atomic mass is 19.1. The Labute approximate surface area is 189 Å². The highest BCUT2D eigenvalue weighted by Crippen LogP contribution is 2.32. The third kappa shape index (κ3) is 5.27. The fourth-order valence-electron chi connectivity index (χ4n) is 4.73. The first-order valence-corrected chi connectivity index (χ1v) is 11.4. The molecule has 0 aromatic heterocycles. The predicted molar refractivity (Wildman–Crippen MR) is 123 cm³/mol. The highest BCUT2D eigenvalue weighted by Gasteiger charge is 2.30. The summed E-state index contributed by atoms with van der Waals surface area (Å²) >= 11 is 0. The smallest absolute Gasteiger partial charge is 0.222 e. The molecule has 0 saturated carbocycles. The molecule has 1 atom stereocenters. The van der Waals surface area contributed by atoms with E-state index in [1.807, 2.05) is 35.2 Å². The van der Waals surface area contributed by atoms with Crippen LogP contribution in [0.2, 0.25) is 0 Å². The molecule has 2 aromatic carbocycles. The van der Waals surface area contributed by atoms with Gasteiger partial charge in [-0.3, -0.25) is 14.5 Å². The van der Waals surface area contributed by atoms with E-state index in [0.717, 1.165) is 50.4 Å². The average Bonchev–Trinajstić information content (AvgIpc) is 2.80. The second-order valence-corrected chi connectivity index (χ2v) is 8.54. The van der Waals surface area contributed by atoms with E-state index in [2.05, 4.69) is 21.2 Å². The van der Waals surface area contributed by atoms with Gasteiger partial charge in [-0.25, -0.2) is 4.39 Å². The summed E-state index contributed by atoms with van der Waals surface area (Å²) < 4.78 is 13.1. The molecule has 2 aromatic rings. The van der Waals surface area contributed by atoms with Crippen molar-refractivity contribution < 1.29 is 14.0 Å². The van der Waals surface area contributed by atoms with Crippen LogP contribution in [0.3, 0.4) is 0 Å². The fourth-order valence-corrected chi connectivity index (χ4v) is 4.73. The molecule has 0 aliphatic carbocycles. The van der Waals surface area contributed by atoms with Gasteiger partial charge in [0.15, 0.2) is 0 Å². The Bertz CT molecular complexity index is 941. The molecule has 2 aliphatic heterocycles. The lowest BCUT2D eigenvalue weighted by Crippen LogP contribution is -2.48. The number of piperazine rings is 1. The van der Waals surface area contributed by atoms with Crippen LogP contribution in [0.1, 0.15) is 30.5 Å². The van der Waals surface area contributed by atoms with Crippen LogP contribution in [-0.2, 0) is 16.0 Å². The molecule has 6 nitrogen and oxygen atoms in total. The van der Waals surface area contributed by atoms with Gasteiger partial charge in [-0.15, -0.1) is 0 Å². The normalized spacial score (nSPS) is 18.9. The third-order valence-corrected chi connectivity index (χ3v) is 6.51. The summed E-state index contributed by atoms with van der Waals surface area (Å²) in [6.07, 6.45) is 1.12. The summed E-state index contributed by atoms with van der Waals surface area (Å²) in [7, 11) is 0. The van der Waals surface area contributed by atoms with E-state index < -0.39 is 0 Å². The van der Waals surface area contributed by atoms with E-state index in [1.54, 1.807) is 6.92 Å². The van der Waals surface area contributed by atoms with Crippen LogP contribution in [0.5, 0.6) is 0 Å². The van der Waals surface area contributed by atoms with Crippen molar-refractivity contribution in [1.82, 2.24) is 15.1 Å². The second-order valence-electron chi connectivity index (χ2n) is 8.54. The summed E-state index contributed by atoms with van der Waals surface area (Å²) in [5, 5.41) is 3.04. The minimum atomic E-state index is -0.216. The molecule has 1 N–H and O–H groups in total. The minimum Gasteiger partial charge on any atom is -0.369 e. The van der Waals surface area contributed by atoms with Crippen LogP contribution in [-0.4, -0.2) is 67.4 Å². The average molecular weight is 439 g/mol. The van der Waals surface area contributed by atoms with E-state index in [0.29, 0.717) is 13.1 Å². The zero-order valence-corrected chi connectivity index (χ0v) is 18.6. The number of fused-ring (bicyclic) bond motifs is 1. The number of halogens is 1. The van der Waals surface area contributed by atoms with E-state index in [1.165, 1.54) is 17.7 Å². The Balaban J connectivity index is 1.24. The van der Waals surface area contributed by atoms with Crippen molar-refractivity contribution in [3.05, 3.63) is 65.5 Å². The van der Waals surface area contributed by atoms with Gasteiger partial charge in [-0.2, -0.15) is 0 Å². The molecule has 2 heterocycles. The Morgan fingerprint density at radius 3 is 2.44 bits per heavy atom. The van der Waals surface area contributed by atoms with Crippen LogP contribution in [0.15, 0.2) is 48.5 Å². The first kappa shape index (κ1) is 22.3. The molecule has 2 aliphatic rings.